The SMILES string of the molecule is C=C(C)C(=O)OCCCN(C)CCCCC(=O)O. The Balaban J connectivity index is 3.42. The Bertz CT molecular complexity index is 289. The minimum absolute atomic E-state index is 0.226. The first kappa shape index (κ1) is 16.6. The largest absolute Gasteiger partial charge is 0.481 e. The third kappa shape index (κ3) is 9.84. The monoisotopic (exact) mass is 257 g/mol. The van der Waals surface area contributed by atoms with E-state index < -0.39 is 5.97 Å². The second-order valence-corrected chi connectivity index (χ2v) is 4.42. The van der Waals surface area contributed by atoms with Crippen LogP contribution in [0.15, 0.2) is 12.2 Å². The Hall–Kier alpha value is -1.36. The summed E-state index contributed by atoms with van der Waals surface area (Å²) in [6, 6.07) is 0. The van der Waals surface area contributed by atoms with Crippen LogP contribution in [0.25, 0.3) is 0 Å². The van der Waals surface area contributed by atoms with Gasteiger partial charge in [-0.05, 0) is 39.8 Å². The minimum Gasteiger partial charge on any atom is -0.481 e. The first-order valence-corrected chi connectivity index (χ1v) is 6.16. The predicted octanol–water partition coefficient (Wildman–Crippen LogP) is 1.68. The lowest BCUT2D eigenvalue weighted by molar-refractivity contribution is -0.139. The molecule has 0 atom stereocenters. The zero-order valence-electron chi connectivity index (χ0n) is 11.3. The number of esters is 1. The number of carboxylic acid groups (broad SMARTS) is 1. The smallest absolute Gasteiger partial charge is 0.333 e. The van der Waals surface area contributed by atoms with Gasteiger partial charge in [0.1, 0.15) is 0 Å². The highest BCUT2D eigenvalue weighted by Crippen LogP contribution is 1.99. The summed E-state index contributed by atoms with van der Waals surface area (Å²) in [5, 5.41) is 8.48. The van der Waals surface area contributed by atoms with Crippen molar-refractivity contribution in [2.24, 2.45) is 0 Å². The number of ether oxygens (including phenoxy) is 1. The molecule has 0 saturated heterocycles. The van der Waals surface area contributed by atoms with Gasteiger partial charge in [0, 0.05) is 18.5 Å². The fraction of sp³-hybridized carbons (Fsp3) is 0.692. The van der Waals surface area contributed by atoms with Gasteiger partial charge in [0.2, 0.25) is 0 Å². The molecule has 0 aromatic heterocycles. The molecule has 0 aliphatic rings. The number of carbonyl (C=O) groups excluding carboxylic acids is 1. The topological polar surface area (TPSA) is 66.8 Å². The van der Waals surface area contributed by atoms with Gasteiger partial charge in [0.05, 0.1) is 6.61 Å². The van der Waals surface area contributed by atoms with Gasteiger partial charge in [-0.1, -0.05) is 6.58 Å². The summed E-state index contributed by atoms with van der Waals surface area (Å²) in [5.74, 6) is -1.09. The van der Waals surface area contributed by atoms with Gasteiger partial charge in [0.25, 0.3) is 0 Å². The number of aliphatic carboxylic acids is 1. The van der Waals surface area contributed by atoms with Crippen LogP contribution >= 0.6 is 0 Å². The summed E-state index contributed by atoms with van der Waals surface area (Å²) >= 11 is 0. The minimum atomic E-state index is -0.746. The molecular formula is C13H23NO4. The Morgan fingerprint density at radius 1 is 1.22 bits per heavy atom. The number of unbranched alkanes of at least 4 members (excludes halogenated alkanes) is 1. The van der Waals surface area contributed by atoms with Gasteiger partial charge < -0.3 is 14.7 Å². The van der Waals surface area contributed by atoms with Crippen molar-refractivity contribution in [3.05, 3.63) is 12.2 Å². The van der Waals surface area contributed by atoms with Crippen molar-refractivity contribution in [3.63, 3.8) is 0 Å². The standard InChI is InChI=1S/C13H23NO4/c1-11(2)13(17)18-10-6-9-14(3)8-5-4-7-12(15)16/h1,4-10H2,2-3H3,(H,15,16). The summed E-state index contributed by atoms with van der Waals surface area (Å²) in [4.78, 5) is 23.5. The Kier molecular flexibility index (Phi) is 8.92. The lowest BCUT2D eigenvalue weighted by Gasteiger charge is -2.16. The molecule has 0 radical (unpaired) electrons. The molecule has 0 aromatic rings. The zero-order valence-corrected chi connectivity index (χ0v) is 11.3. The molecule has 0 rings (SSSR count). The number of carboxylic acids is 1. The maximum Gasteiger partial charge on any atom is 0.333 e. The summed E-state index contributed by atoms with van der Waals surface area (Å²) in [6.45, 7) is 7.21. The van der Waals surface area contributed by atoms with Crippen LogP contribution in [0.1, 0.15) is 32.6 Å². The highest BCUT2D eigenvalue weighted by molar-refractivity contribution is 5.86. The maximum absolute atomic E-state index is 11.1. The molecule has 0 aliphatic carbocycles. The van der Waals surface area contributed by atoms with E-state index in [0.717, 1.165) is 25.9 Å². The lowest BCUT2D eigenvalue weighted by atomic mass is 10.2. The molecule has 18 heavy (non-hydrogen) atoms. The zero-order chi connectivity index (χ0) is 14.0. The number of hydrogen-bond donors (Lipinski definition) is 1. The van der Waals surface area contributed by atoms with Crippen molar-refractivity contribution in [2.45, 2.75) is 32.6 Å². The van der Waals surface area contributed by atoms with Gasteiger partial charge in [-0.15, -0.1) is 0 Å². The highest BCUT2D eigenvalue weighted by Gasteiger charge is 2.04. The van der Waals surface area contributed by atoms with Crippen molar-refractivity contribution in [2.75, 3.05) is 26.7 Å². The first-order valence-electron chi connectivity index (χ1n) is 6.16. The quantitative estimate of drug-likeness (QED) is 0.366. The van der Waals surface area contributed by atoms with E-state index in [-0.39, 0.29) is 12.4 Å². The summed E-state index contributed by atoms with van der Waals surface area (Å²) in [5.41, 5.74) is 0.414. The van der Waals surface area contributed by atoms with E-state index in [4.69, 9.17) is 9.84 Å². The van der Waals surface area contributed by atoms with E-state index in [0.29, 0.717) is 18.6 Å². The third-order valence-electron chi connectivity index (χ3n) is 2.45. The van der Waals surface area contributed by atoms with E-state index in [2.05, 4.69) is 11.5 Å². The fourth-order valence-corrected chi connectivity index (χ4v) is 1.39. The molecular weight excluding hydrogens is 234 g/mol. The molecule has 104 valence electrons. The van der Waals surface area contributed by atoms with E-state index in [1.165, 1.54) is 0 Å². The van der Waals surface area contributed by atoms with Gasteiger partial charge in [0.15, 0.2) is 0 Å². The first-order chi connectivity index (χ1) is 8.43. The number of carbonyl (C=O) groups is 2. The van der Waals surface area contributed by atoms with Gasteiger partial charge in [-0.25, -0.2) is 4.79 Å². The lowest BCUT2D eigenvalue weighted by Crippen LogP contribution is -2.22. The molecule has 5 nitrogen and oxygen atoms in total. The fourth-order valence-electron chi connectivity index (χ4n) is 1.39. The average molecular weight is 257 g/mol. The van der Waals surface area contributed by atoms with E-state index in [1.807, 2.05) is 7.05 Å². The maximum atomic E-state index is 11.1. The van der Waals surface area contributed by atoms with Crippen LogP contribution < -0.4 is 0 Å². The van der Waals surface area contributed by atoms with Crippen molar-refractivity contribution in [1.82, 2.24) is 4.90 Å². The molecule has 0 amide bonds. The molecule has 5 heteroatoms. The van der Waals surface area contributed by atoms with Crippen LogP contribution in [-0.4, -0.2) is 48.7 Å². The number of rotatable bonds is 10. The van der Waals surface area contributed by atoms with Crippen LogP contribution in [0, 0.1) is 0 Å². The van der Waals surface area contributed by atoms with E-state index in [9.17, 15) is 9.59 Å². The summed E-state index contributed by atoms with van der Waals surface area (Å²) < 4.78 is 4.97. The molecule has 0 saturated carbocycles. The van der Waals surface area contributed by atoms with Crippen LogP contribution in [-0.2, 0) is 14.3 Å². The molecule has 0 bridgehead atoms. The van der Waals surface area contributed by atoms with Crippen molar-refractivity contribution in [1.29, 1.82) is 0 Å². The predicted molar refractivity (Wildman–Crippen MR) is 69.4 cm³/mol. The molecule has 0 aromatic carbocycles. The normalized spacial score (nSPS) is 10.4. The third-order valence-corrected chi connectivity index (χ3v) is 2.45. The molecule has 0 spiro atoms. The van der Waals surface area contributed by atoms with E-state index >= 15 is 0 Å². The Labute approximate surface area is 108 Å². The van der Waals surface area contributed by atoms with Crippen LogP contribution in [0.2, 0.25) is 0 Å². The van der Waals surface area contributed by atoms with Crippen LogP contribution in [0.5, 0.6) is 0 Å². The molecule has 0 fully saturated rings. The second-order valence-electron chi connectivity index (χ2n) is 4.42. The number of hydrogen-bond acceptors (Lipinski definition) is 4. The molecule has 0 heterocycles. The van der Waals surface area contributed by atoms with Gasteiger partial charge in [-0.3, -0.25) is 4.79 Å². The summed E-state index contributed by atoms with van der Waals surface area (Å²) in [7, 11) is 1.97. The molecule has 1 N–H and O–H groups in total. The van der Waals surface area contributed by atoms with Gasteiger partial charge in [-0.2, -0.15) is 0 Å². The Morgan fingerprint density at radius 3 is 2.39 bits per heavy atom. The highest BCUT2D eigenvalue weighted by atomic mass is 16.5. The van der Waals surface area contributed by atoms with Crippen molar-refractivity contribution >= 4 is 11.9 Å². The van der Waals surface area contributed by atoms with Crippen LogP contribution in [0.3, 0.4) is 0 Å². The second kappa shape index (κ2) is 9.65. The average Bonchev–Trinajstić information content (AvgIpc) is 2.29. The van der Waals surface area contributed by atoms with Crippen molar-refractivity contribution < 1.29 is 19.4 Å². The van der Waals surface area contributed by atoms with Crippen LogP contribution in [0.4, 0.5) is 0 Å². The number of nitrogens with zero attached hydrogens (tertiary/aromatic N) is 1. The summed E-state index contributed by atoms with van der Waals surface area (Å²) in [6.07, 6.45) is 2.57. The van der Waals surface area contributed by atoms with Crippen molar-refractivity contribution in [3.8, 4) is 0 Å². The molecule has 0 aliphatic heterocycles. The Morgan fingerprint density at radius 2 is 1.83 bits per heavy atom. The van der Waals surface area contributed by atoms with Gasteiger partial charge >= 0.3 is 11.9 Å². The molecule has 0 unspecified atom stereocenters. The van der Waals surface area contributed by atoms with E-state index in [1.54, 1.807) is 6.92 Å².